The SMILES string of the molecule is Cc1ccc(-c2nc3c(s2)CCCC3=O)s1. The molecule has 1 aliphatic rings. The molecule has 1 aliphatic carbocycles. The van der Waals surface area contributed by atoms with Gasteiger partial charge in [0.25, 0.3) is 0 Å². The van der Waals surface area contributed by atoms with Crippen molar-refractivity contribution in [3.63, 3.8) is 0 Å². The van der Waals surface area contributed by atoms with Gasteiger partial charge in [-0.05, 0) is 31.9 Å². The standard InChI is InChI=1S/C12H11NOS2/c1-7-5-6-10(15-7)12-13-11-8(14)3-2-4-9(11)16-12/h5-6H,2-4H2,1H3. The fourth-order valence-electron chi connectivity index (χ4n) is 1.92. The van der Waals surface area contributed by atoms with E-state index >= 15 is 0 Å². The molecule has 0 unspecified atom stereocenters. The van der Waals surface area contributed by atoms with Gasteiger partial charge in [0.1, 0.15) is 10.7 Å². The number of nitrogens with zero attached hydrogens (tertiary/aromatic N) is 1. The normalized spacial score (nSPS) is 15.2. The zero-order chi connectivity index (χ0) is 11.1. The zero-order valence-electron chi connectivity index (χ0n) is 8.95. The predicted molar refractivity (Wildman–Crippen MR) is 67.4 cm³/mol. The van der Waals surface area contributed by atoms with Crippen molar-refractivity contribution in [2.75, 3.05) is 0 Å². The van der Waals surface area contributed by atoms with E-state index in [-0.39, 0.29) is 5.78 Å². The fraction of sp³-hybridized carbons (Fsp3) is 0.333. The largest absolute Gasteiger partial charge is 0.292 e. The van der Waals surface area contributed by atoms with Crippen molar-refractivity contribution < 1.29 is 4.79 Å². The molecule has 0 amide bonds. The maximum absolute atomic E-state index is 11.7. The summed E-state index contributed by atoms with van der Waals surface area (Å²) in [7, 11) is 0. The smallest absolute Gasteiger partial charge is 0.182 e. The molecule has 2 aromatic heterocycles. The van der Waals surface area contributed by atoms with Crippen LogP contribution < -0.4 is 0 Å². The summed E-state index contributed by atoms with van der Waals surface area (Å²) in [6.45, 7) is 2.09. The number of Topliss-reactive ketones (excluding diaryl/α,β-unsaturated/α-hetero) is 1. The van der Waals surface area contributed by atoms with Crippen LogP contribution >= 0.6 is 22.7 Å². The molecule has 0 aliphatic heterocycles. The van der Waals surface area contributed by atoms with Gasteiger partial charge in [-0.3, -0.25) is 4.79 Å². The monoisotopic (exact) mass is 249 g/mol. The van der Waals surface area contributed by atoms with Crippen molar-refractivity contribution in [3.8, 4) is 9.88 Å². The molecule has 0 N–H and O–H groups in total. The average Bonchev–Trinajstić information content (AvgIpc) is 2.84. The van der Waals surface area contributed by atoms with Crippen molar-refractivity contribution in [1.29, 1.82) is 0 Å². The van der Waals surface area contributed by atoms with Gasteiger partial charge in [0.05, 0.1) is 4.88 Å². The van der Waals surface area contributed by atoms with Crippen molar-refractivity contribution in [1.82, 2.24) is 4.98 Å². The summed E-state index contributed by atoms with van der Waals surface area (Å²) in [4.78, 5) is 19.8. The number of aromatic nitrogens is 1. The third kappa shape index (κ3) is 1.62. The molecule has 0 bridgehead atoms. The Morgan fingerprint density at radius 1 is 1.25 bits per heavy atom. The van der Waals surface area contributed by atoms with Gasteiger partial charge in [0.15, 0.2) is 5.78 Å². The van der Waals surface area contributed by atoms with Crippen molar-refractivity contribution in [2.24, 2.45) is 0 Å². The number of rotatable bonds is 1. The van der Waals surface area contributed by atoms with Crippen molar-refractivity contribution >= 4 is 28.5 Å². The third-order valence-corrected chi connectivity index (χ3v) is 5.01. The number of thiazole rings is 1. The van der Waals surface area contributed by atoms with Crippen LogP contribution in [0.15, 0.2) is 12.1 Å². The predicted octanol–water partition coefficient (Wildman–Crippen LogP) is 3.70. The van der Waals surface area contributed by atoms with Crippen LogP contribution in [0.2, 0.25) is 0 Å². The first kappa shape index (κ1) is 10.2. The van der Waals surface area contributed by atoms with E-state index < -0.39 is 0 Å². The fourth-order valence-corrected chi connectivity index (χ4v) is 3.97. The van der Waals surface area contributed by atoms with E-state index in [1.165, 1.54) is 14.6 Å². The van der Waals surface area contributed by atoms with Crippen LogP contribution in [0, 0.1) is 6.92 Å². The molecule has 82 valence electrons. The van der Waals surface area contributed by atoms with E-state index in [9.17, 15) is 4.79 Å². The third-order valence-electron chi connectivity index (χ3n) is 2.72. The lowest BCUT2D eigenvalue weighted by molar-refractivity contribution is 0.0968. The molecule has 0 fully saturated rings. The van der Waals surface area contributed by atoms with Crippen LogP contribution in [0.25, 0.3) is 9.88 Å². The molecule has 0 spiro atoms. The molecule has 0 radical (unpaired) electrons. The Morgan fingerprint density at radius 2 is 2.12 bits per heavy atom. The zero-order valence-corrected chi connectivity index (χ0v) is 10.6. The molecule has 4 heteroatoms. The summed E-state index contributed by atoms with van der Waals surface area (Å²) in [5, 5.41) is 1.01. The average molecular weight is 249 g/mol. The van der Waals surface area contributed by atoms with E-state index in [4.69, 9.17) is 0 Å². The number of hydrogen-bond acceptors (Lipinski definition) is 4. The van der Waals surface area contributed by atoms with Gasteiger partial charge < -0.3 is 0 Å². The lowest BCUT2D eigenvalue weighted by atomic mass is 10.0. The summed E-state index contributed by atoms with van der Waals surface area (Å²) in [5.41, 5.74) is 0.734. The summed E-state index contributed by atoms with van der Waals surface area (Å²) < 4.78 is 0. The van der Waals surface area contributed by atoms with Crippen LogP contribution in [0.3, 0.4) is 0 Å². The lowest BCUT2D eigenvalue weighted by Crippen LogP contribution is -2.08. The number of fused-ring (bicyclic) bond motifs is 1. The summed E-state index contributed by atoms with van der Waals surface area (Å²) in [6.07, 6.45) is 2.67. The highest BCUT2D eigenvalue weighted by molar-refractivity contribution is 7.22. The van der Waals surface area contributed by atoms with Crippen molar-refractivity contribution in [3.05, 3.63) is 27.6 Å². The second kappa shape index (κ2) is 3.79. The number of carbonyl (C=O) groups excluding carboxylic acids is 1. The molecule has 0 saturated carbocycles. The molecule has 0 aromatic carbocycles. The number of aryl methyl sites for hydroxylation is 2. The molecular formula is C12H11NOS2. The molecule has 3 rings (SSSR count). The van der Waals surface area contributed by atoms with E-state index in [0.29, 0.717) is 6.42 Å². The van der Waals surface area contributed by atoms with E-state index in [0.717, 1.165) is 23.5 Å². The van der Waals surface area contributed by atoms with E-state index in [2.05, 4.69) is 24.0 Å². The molecule has 2 nitrogen and oxygen atoms in total. The van der Waals surface area contributed by atoms with E-state index in [1.54, 1.807) is 22.7 Å². The van der Waals surface area contributed by atoms with Gasteiger partial charge >= 0.3 is 0 Å². The second-order valence-electron chi connectivity index (χ2n) is 3.98. The van der Waals surface area contributed by atoms with Gasteiger partial charge in [-0.25, -0.2) is 4.98 Å². The highest BCUT2D eigenvalue weighted by atomic mass is 32.1. The lowest BCUT2D eigenvalue weighted by Gasteiger charge is -2.06. The minimum absolute atomic E-state index is 0.219. The Hall–Kier alpha value is -1.00. The van der Waals surface area contributed by atoms with Crippen LogP contribution in [0.1, 0.15) is 33.1 Å². The Kier molecular flexibility index (Phi) is 2.41. The maximum atomic E-state index is 11.7. The van der Waals surface area contributed by atoms with Gasteiger partial charge in [-0.1, -0.05) is 0 Å². The molecule has 2 heterocycles. The first-order chi connectivity index (χ1) is 7.74. The number of ketones is 1. The Labute approximate surface area is 102 Å². The Bertz CT molecular complexity index is 553. The highest BCUT2D eigenvalue weighted by Gasteiger charge is 2.22. The molecule has 16 heavy (non-hydrogen) atoms. The number of thiophene rings is 1. The first-order valence-electron chi connectivity index (χ1n) is 5.34. The minimum Gasteiger partial charge on any atom is -0.292 e. The second-order valence-corrected chi connectivity index (χ2v) is 6.35. The van der Waals surface area contributed by atoms with Crippen molar-refractivity contribution in [2.45, 2.75) is 26.2 Å². The quantitative estimate of drug-likeness (QED) is 0.771. The van der Waals surface area contributed by atoms with Crippen LogP contribution in [-0.4, -0.2) is 10.8 Å². The maximum Gasteiger partial charge on any atom is 0.182 e. The Balaban J connectivity index is 2.07. The number of carbonyl (C=O) groups is 1. The molecule has 2 aromatic rings. The summed E-state index contributed by atoms with van der Waals surface area (Å²) in [6, 6.07) is 4.19. The summed E-state index contributed by atoms with van der Waals surface area (Å²) >= 11 is 3.43. The minimum atomic E-state index is 0.219. The van der Waals surface area contributed by atoms with E-state index in [1.807, 2.05) is 0 Å². The molecule has 0 atom stereocenters. The van der Waals surface area contributed by atoms with Gasteiger partial charge in [-0.2, -0.15) is 0 Å². The topological polar surface area (TPSA) is 30.0 Å². The number of hydrogen-bond donors (Lipinski definition) is 0. The van der Waals surface area contributed by atoms with Crippen LogP contribution in [0.4, 0.5) is 0 Å². The molecule has 0 saturated heterocycles. The van der Waals surface area contributed by atoms with Gasteiger partial charge in [0, 0.05) is 16.2 Å². The van der Waals surface area contributed by atoms with Crippen LogP contribution in [-0.2, 0) is 6.42 Å². The van der Waals surface area contributed by atoms with Gasteiger partial charge in [0.2, 0.25) is 0 Å². The highest BCUT2D eigenvalue weighted by Crippen LogP contribution is 2.35. The van der Waals surface area contributed by atoms with Crippen LogP contribution in [0.5, 0.6) is 0 Å². The molecular weight excluding hydrogens is 238 g/mol. The first-order valence-corrected chi connectivity index (χ1v) is 6.97. The summed E-state index contributed by atoms with van der Waals surface area (Å²) in [5.74, 6) is 0.219. The van der Waals surface area contributed by atoms with Gasteiger partial charge in [-0.15, -0.1) is 22.7 Å². The Morgan fingerprint density at radius 3 is 2.81 bits per heavy atom.